The Kier molecular flexibility index (Phi) is 2.60. The lowest BCUT2D eigenvalue weighted by molar-refractivity contribution is 0.102. The van der Waals surface area contributed by atoms with Crippen molar-refractivity contribution in [1.82, 2.24) is 9.38 Å². The van der Waals surface area contributed by atoms with E-state index in [1.165, 1.54) is 0 Å². The van der Waals surface area contributed by atoms with Crippen LogP contribution in [-0.2, 0) is 0 Å². The lowest BCUT2D eigenvalue weighted by Gasteiger charge is -2.05. The molecule has 106 valence electrons. The number of fused-ring (bicyclic) bond motifs is 1. The first-order valence-electron chi connectivity index (χ1n) is 7.05. The van der Waals surface area contributed by atoms with Crippen LogP contribution in [0.25, 0.3) is 5.65 Å². The summed E-state index contributed by atoms with van der Waals surface area (Å²) >= 11 is 0. The normalized spacial score (nSPS) is 14.5. The number of nitrogens with one attached hydrogen (secondary N) is 1. The third kappa shape index (κ3) is 2.20. The van der Waals surface area contributed by atoms with E-state index in [2.05, 4.69) is 10.3 Å². The highest BCUT2D eigenvalue weighted by atomic mass is 16.3. The van der Waals surface area contributed by atoms with Gasteiger partial charge in [-0.3, -0.25) is 4.79 Å². The predicted octanol–water partition coefficient (Wildman–Crippen LogP) is 3.37. The van der Waals surface area contributed by atoms with Gasteiger partial charge in [-0.15, -0.1) is 0 Å². The number of furan rings is 1. The van der Waals surface area contributed by atoms with Crippen molar-refractivity contribution < 1.29 is 9.21 Å². The van der Waals surface area contributed by atoms with Gasteiger partial charge < -0.3 is 14.1 Å². The maximum atomic E-state index is 12.4. The quantitative estimate of drug-likeness (QED) is 0.800. The summed E-state index contributed by atoms with van der Waals surface area (Å²) in [6.45, 7) is 1.94. The van der Waals surface area contributed by atoms with Crippen molar-refractivity contribution in [2.75, 3.05) is 5.32 Å². The van der Waals surface area contributed by atoms with Gasteiger partial charge in [0.15, 0.2) is 0 Å². The number of aromatic nitrogens is 2. The molecule has 3 aromatic heterocycles. The lowest BCUT2D eigenvalue weighted by atomic mass is 10.1. The van der Waals surface area contributed by atoms with E-state index in [0.29, 0.717) is 11.5 Å². The first kappa shape index (κ1) is 12.2. The first-order valence-corrected chi connectivity index (χ1v) is 7.05. The number of pyridine rings is 1. The molecule has 0 aromatic carbocycles. The van der Waals surface area contributed by atoms with Gasteiger partial charge >= 0.3 is 0 Å². The van der Waals surface area contributed by atoms with E-state index < -0.39 is 0 Å². The number of imidazole rings is 1. The molecule has 0 bridgehead atoms. The number of anilines is 1. The number of aryl methyl sites for hydroxylation is 1. The number of amides is 1. The summed E-state index contributed by atoms with van der Waals surface area (Å²) in [6, 6.07) is 5.46. The van der Waals surface area contributed by atoms with Gasteiger partial charge in [-0.25, -0.2) is 4.98 Å². The molecule has 0 unspecified atom stereocenters. The molecule has 5 nitrogen and oxygen atoms in total. The number of hydrogen-bond donors (Lipinski definition) is 1. The SMILES string of the molecule is Cc1cn2ccc(NC(=O)c3ccoc3C3CC3)cc2n1. The van der Waals surface area contributed by atoms with E-state index in [1.807, 2.05) is 35.9 Å². The fourth-order valence-electron chi connectivity index (χ4n) is 2.56. The van der Waals surface area contributed by atoms with Crippen molar-refractivity contribution >= 4 is 17.2 Å². The van der Waals surface area contributed by atoms with Crippen LogP contribution < -0.4 is 5.32 Å². The number of carbonyl (C=O) groups excluding carboxylic acids is 1. The molecule has 0 radical (unpaired) electrons. The Hall–Kier alpha value is -2.56. The third-order valence-corrected chi connectivity index (χ3v) is 3.73. The van der Waals surface area contributed by atoms with E-state index in [4.69, 9.17) is 4.42 Å². The van der Waals surface area contributed by atoms with Crippen molar-refractivity contribution in [2.45, 2.75) is 25.7 Å². The van der Waals surface area contributed by atoms with Crippen LogP contribution in [0.5, 0.6) is 0 Å². The smallest absolute Gasteiger partial charge is 0.259 e. The van der Waals surface area contributed by atoms with Gasteiger partial charge in [0.25, 0.3) is 5.91 Å². The van der Waals surface area contributed by atoms with Gasteiger partial charge in [0, 0.05) is 30.1 Å². The molecular formula is C16H15N3O2. The molecule has 1 N–H and O–H groups in total. The van der Waals surface area contributed by atoms with Crippen molar-refractivity contribution in [3.05, 3.63) is 53.9 Å². The average molecular weight is 281 g/mol. The molecule has 3 heterocycles. The molecule has 3 aromatic rings. The highest BCUT2D eigenvalue weighted by molar-refractivity contribution is 6.05. The summed E-state index contributed by atoms with van der Waals surface area (Å²) in [7, 11) is 0. The standard InChI is InChI=1S/C16H15N3O2/c1-10-9-19-6-4-12(8-14(19)17-10)18-16(20)13-5-7-21-15(13)11-2-3-11/h4-9,11H,2-3H2,1H3,(H,18,20). The van der Waals surface area contributed by atoms with Crippen molar-refractivity contribution in [1.29, 1.82) is 0 Å². The van der Waals surface area contributed by atoms with Crippen LogP contribution in [-0.4, -0.2) is 15.3 Å². The summed E-state index contributed by atoms with van der Waals surface area (Å²) in [6.07, 6.45) is 7.63. The molecule has 5 heteroatoms. The molecule has 1 aliphatic carbocycles. The molecule has 1 amide bonds. The Bertz CT molecular complexity index is 827. The minimum atomic E-state index is -0.127. The summed E-state index contributed by atoms with van der Waals surface area (Å²) in [5.41, 5.74) is 3.14. The first-order chi connectivity index (χ1) is 10.2. The molecule has 1 fully saturated rings. The Morgan fingerprint density at radius 3 is 3.10 bits per heavy atom. The minimum absolute atomic E-state index is 0.127. The predicted molar refractivity (Wildman–Crippen MR) is 78.6 cm³/mol. The second-order valence-electron chi connectivity index (χ2n) is 5.49. The van der Waals surface area contributed by atoms with Crippen LogP contribution in [0.3, 0.4) is 0 Å². The number of rotatable bonds is 3. The minimum Gasteiger partial charge on any atom is -0.468 e. The van der Waals surface area contributed by atoms with Gasteiger partial charge in [-0.2, -0.15) is 0 Å². The second kappa shape index (κ2) is 4.48. The molecule has 1 aliphatic rings. The average Bonchev–Trinajstić information content (AvgIpc) is 3.06. The Morgan fingerprint density at radius 1 is 1.43 bits per heavy atom. The molecule has 0 aliphatic heterocycles. The zero-order valence-electron chi connectivity index (χ0n) is 11.7. The van der Waals surface area contributed by atoms with Gasteiger partial charge in [0.2, 0.25) is 0 Å². The zero-order valence-corrected chi connectivity index (χ0v) is 11.7. The van der Waals surface area contributed by atoms with E-state index in [1.54, 1.807) is 12.3 Å². The molecule has 0 atom stereocenters. The summed E-state index contributed by atoms with van der Waals surface area (Å²) < 4.78 is 7.37. The molecule has 4 rings (SSSR count). The van der Waals surface area contributed by atoms with Crippen molar-refractivity contribution in [3.63, 3.8) is 0 Å². The maximum Gasteiger partial charge on any atom is 0.259 e. The van der Waals surface area contributed by atoms with Gasteiger partial charge in [-0.05, 0) is 31.9 Å². The van der Waals surface area contributed by atoms with Crippen molar-refractivity contribution in [3.8, 4) is 0 Å². The lowest BCUT2D eigenvalue weighted by Crippen LogP contribution is -2.12. The molecule has 0 spiro atoms. The van der Waals surface area contributed by atoms with Gasteiger partial charge in [0.05, 0.1) is 17.5 Å². The molecule has 21 heavy (non-hydrogen) atoms. The highest BCUT2D eigenvalue weighted by Gasteiger charge is 2.31. The van der Waals surface area contributed by atoms with Crippen LogP contribution in [0.2, 0.25) is 0 Å². The fourth-order valence-corrected chi connectivity index (χ4v) is 2.56. The maximum absolute atomic E-state index is 12.4. The molecular weight excluding hydrogens is 266 g/mol. The summed E-state index contributed by atoms with van der Waals surface area (Å²) in [5.74, 6) is 1.10. The van der Waals surface area contributed by atoms with Crippen LogP contribution in [0.1, 0.15) is 40.6 Å². The van der Waals surface area contributed by atoms with E-state index >= 15 is 0 Å². The summed E-state index contributed by atoms with van der Waals surface area (Å²) in [5, 5.41) is 2.92. The number of carbonyl (C=O) groups is 1. The monoisotopic (exact) mass is 281 g/mol. The van der Waals surface area contributed by atoms with Crippen molar-refractivity contribution in [2.24, 2.45) is 0 Å². The largest absolute Gasteiger partial charge is 0.468 e. The van der Waals surface area contributed by atoms with Gasteiger partial charge in [-0.1, -0.05) is 0 Å². The highest BCUT2D eigenvalue weighted by Crippen LogP contribution is 2.42. The third-order valence-electron chi connectivity index (χ3n) is 3.73. The van der Waals surface area contributed by atoms with Crippen LogP contribution >= 0.6 is 0 Å². The van der Waals surface area contributed by atoms with Crippen LogP contribution in [0.15, 0.2) is 41.3 Å². The Balaban J connectivity index is 1.61. The second-order valence-corrected chi connectivity index (χ2v) is 5.49. The topological polar surface area (TPSA) is 59.5 Å². The number of hydrogen-bond acceptors (Lipinski definition) is 3. The zero-order chi connectivity index (χ0) is 14.4. The van der Waals surface area contributed by atoms with Gasteiger partial charge in [0.1, 0.15) is 11.4 Å². The Morgan fingerprint density at radius 2 is 2.29 bits per heavy atom. The van der Waals surface area contributed by atoms with E-state index in [-0.39, 0.29) is 5.91 Å². The van der Waals surface area contributed by atoms with E-state index in [9.17, 15) is 4.79 Å². The van der Waals surface area contributed by atoms with Crippen LogP contribution in [0.4, 0.5) is 5.69 Å². The molecule has 0 saturated heterocycles. The summed E-state index contributed by atoms with van der Waals surface area (Å²) in [4.78, 5) is 16.8. The fraction of sp³-hybridized carbons (Fsp3) is 0.250. The van der Waals surface area contributed by atoms with Crippen LogP contribution in [0, 0.1) is 6.92 Å². The Labute approximate surface area is 121 Å². The van der Waals surface area contributed by atoms with E-state index in [0.717, 1.165) is 35.6 Å². The number of nitrogens with zero attached hydrogens (tertiary/aromatic N) is 2. The molecule has 1 saturated carbocycles.